The summed E-state index contributed by atoms with van der Waals surface area (Å²) >= 11 is 3.37. The number of rotatable bonds is 5. The predicted molar refractivity (Wildman–Crippen MR) is 72.2 cm³/mol. The van der Waals surface area contributed by atoms with Crippen molar-refractivity contribution in [3.05, 3.63) is 22.7 Å². The number of anilines is 1. The summed E-state index contributed by atoms with van der Waals surface area (Å²) in [7, 11) is 1.59. The normalized spacial score (nSPS) is 12.0. The summed E-state index contributed by atoms with van der Waals surface area (Å²) in [5, 5.41) is 2.80. The quantitative estimate of drug-likeness (QED) is 0.878. The SMILES string of the molecule is CCC(N)CC(=O)Nc1cc(OC)ccc1Br. The third kappa shape index (κ3) is 4.36. The molecule has 17 heavy (non-hydrogen) atoms. The van der Waals surface area contributed by atoms with Crippen molar-refractivity contribution in [1.82, 2.24) is 0 Å². The summed E-state index contributed by atoms with van der Waals surface area (Å²) in [5.41, 5.74) is 6.42. The summed E-state index contributed by atoms with van der Waals surface area (Å²) in [6.45, 7) is 1.96. The Morgan fingerprint density at radius 2 is 2.29 bits per heavy atom. The number of hydrogen-bond donors (Lipinski definition) is 2. The van der Waals surface area contributed by atoms with Crippen molar-refractivity contribution in [3.63, 3.8) is 0 Å². The van der Waals surface area contributed by atoms with Crippen LogP contribution in [-0.4, -0.2) is 19.1 Å². The Labute approximate surface area is 110 Å². The number of carbonyl (C=O) groups is 1. The average molecular weight is 301 g/mol. The first-order chi connectivity index (χ1) is 8.06. The van der Waals surface area contributed by atoms with Crippen LogP contribution in [0.15, 0.2) is 22.7 Å². The molecule has 1 atom stereocenters. The molecule has 0 spiro atoms. The van der Waals surface area contributed by atoms with Gasteiger partial charge in [0.15, 0.2) is 0 Å². The number of halogens is 1. The van der Waals surface area contributed by atoms with Gasteiger partial charge in [-0.2, -0.15) is 0 Å². The van der Waals surface area contributed by atoms with Crippen LogP contribution in [0.3, 0.4) is 0 Å². The van der Waals surface area contributed by atoms with Gasteiger partial charge in [-0.15, -0.1) is 0 Å². The predicted octanol–water partition coefficient (Wildman–Crippen LogP) is 2.52. The largest absolute Gasteiger partial charge is 0.497 e. The molecule has 5 heteroatoms. The van der Waals surface area contributed by atoms with Crippen LogP contribution in [0.4, 0.5) is 5.69 Å². The summed E-state index contributed by atoms with van der Waals surface area (Å²) in [4.78, 5) is 11.7. The fourth-order valence-corrected chi connectivity index (χ4v) is 1.66. The summed E-state index contributed by atoms with van der Waals surface area (Å²) in [6, 6.07) is 5.31. The smallest absolute Gasteiger partial charge is 0.225 e. The van der Waals surface area contributed by atoms with Crippen LogP contribution in [0.25, 0.3) is 0 Å². The summed E-state index contributed by atoms with van der Waals surface area (Å²) < 4.78 is 5.91. The summed E-state index contributed by atoms with van der Waals surface area (Å²) in [5.74, 6) is 0.608. The maximum atomic E-state index is 11.7. The molecule has 1 rings (SSSR count). The number of nitrogens with one attached hydrogen (secondary N) is 1. The molecule has 0 saturated heterocycles. The fourth-order valence-electron chi connectivity index (χ4n) is 1.31. The van der Waals surface area contributed by atoms with Gasteiger partial charge in [0.1, 0.15) is 5.75 Å². The van der Waals surface area contributed by atoms with Gasteiger partial charge in [-0.1, -0.05) is 6.92 Å². The Hall–Kier alpha value is -1.07. The molecule has 0 radical (unpaired) electrons. The van der Waals surface area contributed by atoms with E-state index in [0.717, 1.165) is 10.9 Å². The van der Waals surface area contributed by atoms with Crippen molar-refractivity contribution in [2.24, 2.45) is 5.73 Å². The van der Waals surface area contributed by atoms with E-state index in [9.17, 15) is 4.79 Å². The van der Waals surface area contributed by atoms with Crippen LogP contribution in [0.1, 0.15) is 19.8 Å². The number of methoxy groups -OCH3 is 1. The monoisotopic (exact) mass is 300 g/mol. The zero-order valence-electron chi connectivity index (χ0n) is 10.00. The molecule has 0 aliphatic rings. The van der Waals surface area contributed by atoms with Gasteiger partial charge in [-0.3, -0.25) is 4.79 Å². The van der Waals surface area contributed by atoms with Gasteiger partial charge in [-0.05, 0) is 34.5 Å². The van der Waals surface area contributed by atoms with E-state index in [0.29, 0.717) is 17.9 Å². The molecule has 0 fully saturated rings. The molecular weight excluding hydrogens is 284 g/mol. The molecule has 4 nitrogen and oxygen atoms in total. The molecular formula is C12H17BrN2O2. The van der Waals surface area contributed by atoms with Crippen LogP contribution >= 0.6 is 15.9 Å². The first kappa shape index (κ1) is 14.0. The molecule has 0 bridgehead atoms. The average Bonchev–Trinajstić information content (AvgIpc) is 2.31. The minimum Gasteiger partial charge on any atom is -0.497 e. The van der Waals surface area contributed by atoms with Gasteiger partial charge in [-0.25, -0.2) is 0 Å². The van der Waals surface area contributed by atoms with Crippen LogP contribution in [0.5, 0.6) is 5.75 Å². The molecule has 1 aromatic rings. The van der Waals surface area contributed by atoms with Crippen LogP contribution in [0, 0.1) is 0 Å². The number of hydrogen-bond acceptors (Lipinski definition) is 3. The lowest BCUT2D eigenvalue weighted by Crippen LogP contribution is -2.26. The Bertz CT molecular complexity index is 396. The van der Waals surface area contributed by atoms with Crippen molar-refractivity contribution in [2.75, 3.05) is 12.4 Å². The van der Waals surface area contributed by atoms with Gasteiger partial charge >= 0.3 is 0 Å². The van der Waals surface area contributed by atoms with E-state index in [1.165, 1.54) is 0 Å². The van der Waals surface area contributed by atoms with Crippen molar-refractivity contribution in [3.8, 4) is 5.75 Å². The van der Waals surface area contributed by atoms with Crippen molar-refractivity contribution >= 4 is 27.5 Å². The Kier molecular flexibility index (Phi) is 5.44. The molecule has 94 valence electrons. The summed E-state index contributed by atoms with van der Waals surface area (Å²) in [6.07, 6.45) is 1.10. The second-order valence-electron chi connectivity index (χ2n) is 3.77. The highest BCUT2D eigenvalue weighted by molar-refractivity contribution is 9.10. The molecule has 0 aliphatic heterocycles. The lowest BCUT2D eigenvalue weighted by Gasteiger charge is -2.11. The molecule has 0 aliphatic carbocycles. The van der Waals surface area contributed by atoms with Gasteiger partial charge < -0.3 is 15.8 Å². The number of carbonyl (C=O) groups excluding carboxylic acids is 1. The fraction of sp³-hybridized carbons (Fsp3) is 0.417. The minimum absolute atomic E-state index is 0.0895. The highest BCUT2D eigenvalue weighted by atomic mass is 79.9. The molecule has 3 N–H and O–H groups in total. The lowest BCUT2D eigenvalue weighted by atomic mass is 10.1. The number of amides is 1. The molecule has 0 saturated carbocycles. The van der Waals surface area contributed by atoms with Gasteiger partial charge in [0.05, 0.1) is 12.8 Å². The van der Waals surface area contributed by atoms with Crippen molar-refractivity contribution in [2.45, 2.75) is 25.8 Å². The van der Waals surface area contributed by atoms with E-state index in [1.54, 1.807) is 13.2 Å². The van der Waals surface area contributed by atoms with E-state index in [1.807, 2.05) is 19.1 Å². The minimum atomic E-state index is -0.0978. The Morgan fingerprint density at radius 3 is 2.88 bits per heavy atom. The van der Waals surface area contributed by atoms with Crippen molar-refractivity contribution in [1.29, 1.82) is 0 Å². The zero-order chi connectivity index (χ0) is 12.8. The molecule has 1 amide bonds. The Morgan fingerprint density at radius 1 is 1.59 bits per heavy atom. The first-order valence-electron chi connectivity index (χ1n) is 5.45. The highest BCUT2D eigenvalue weighted by Gasteiger charge is 2.10. The number of ether oxygens (including phenoxy) is 1. The first-order valence-corrected chi connectivity index (χ1v) is 6.25. The van der Waals surface area contributed by atoms with E-state index >= 15 is 0 Å². The van der Waals surface area contributed by atoms with E-state index in [4.69, 9.17) is 10.5 Å². The standard InChI is InChI=1S/C12H17BrN2O2/c1-3-8(14)6-12(16)15-11-7-9(17-2)4-5-10(11)13/h4-5,7-8H,3,6,14H2,1-2H3,(H,15,16). The molecule has 0 aromatic heterocycles. The highest BCUT2D eigenvalue weighted by Crippen LogP contribution is 2.27. The Balaban J connectivity index is 2.70. The van der Waals surface area contributed by atoms with Crippen LogP contribution in [0.2, 0.25) is 0 Å². The second-order valence-corrected chi connectivity index (χ2v) is 4.62. The van der Waals surface area contributed by atoms with Crippen LogP contribution in [-0.2, 0) is 4.79 Å². The van der Waals surface area contributed by atoms with Gasteiger partial charge in [0.25, 0.3) is 0 Å². The molecule has 0 heterocycles. The number of nitrogens with two attached hydrogens (primary N) is 1. The molecule has 1 unspecified atom stereocenters. The third-order valence-corrected chi connectivity index (χ3v) is 3.11. The maximum Gasteiger partial charge on any atom is 0.225 e. The van der Waals surface area contributed by atoms with E-state index in [2.05, 4.69) is 21.2 Å². The van der Waals surface area contributed by atoms with E-state index < -0.39 is 0 Å². The molecule has 1 aromatic carbocycles. The number of benzene rings is 1. The second kappa shape index (κ2) is 6.61. The van der Waals surface area contributed by atoms with Gasteiger partial charge in [0.2, 0.25) is 5.91 Å². The zero-order valence-corrected chi connectivity index (χ0v) is 11.6. The topological polar surface area (TPSA) is 64.4 Å². The lowest BCUT2D eigenvalue weighted by molar-refractivity contribution is -0.116. The maximum absolute atomic E-state index is 11.7. The van der Waals surface area contributed by atoms with E-state index in [-0.39, 0.29) is 11.9 Å². The van der Waals surface area contributed by atoms with Crippen molar-refractivity contribution < 1.29 is 9.53 Å². The van der Waals surface area contributed by atoms with Crippen LogP contribution < -0.4 is 15.8 Å². The third-order valence-electron chi connectivity index (χ3n) is 2.42. The van der Waals surface area contributed by atoms with Gasteiger partial charge in [0, 0.05) is 23.0 Å².